The van der Waals surface area contributed by atoms with E-state index in [4.69, 9.17) is 9.57 Å². The van der Waals surface area contributed by atoms with Crippen LogP contribution in [0.25, 0.3) is 0 Å². The van der Waals surface area contributed by atoms with Gasteiger partial charge in [-0.15, -0.1) is 22.0 Å². The lowest BCUT2D eigenvalue weighted by atomic mass is 10.0. The Kier molecular flexibility index (Phi) is 7.22. The summed E-state index contributed by atoms with van der Waals surface area (Å²) >= 11 is 5.48. The van der Waals surface area contributed by atoms with E-state index < -0.39 is 29.2 Å². The summed E-state index contributed by atoms with van der Waals surface area (Å²) in [7, 11) is 1.30. The van der Waals surface area contributed by atoms with Crippen LogP contribution >= 0.6 is 46.6 Å². The number of aromatic nitrogens is 2. The lowest BCUT2D eigenvalue weighted by molar-refractivity contribution is -0.150. The van der Waals surface area contributed by atoms with Crippen molar-refractivity contribution < 1.29 is 29.1 Å². The minimum Gasteiger partial charge on any atom is -0.477 e. The standard InChI is InChI=1S/C21H17N5O6S4/c1-31-25-14(12-8-33-13-5-3-2-4-11(13)32-12)17(27)23-15-18(28)26-16(20(29)30)10(6-34-19(15)26)7-35-21-24-22-9-36-21/h2-5,8-9,15,19H,6-7H2,1H3,(H,23,27)(H,29,30)/t15?,19-/m1/s1. The second kappa shape index (κ2) is 10.5. The molecule has 5 rings (SSSR count). The third-order valence-electron chi connectivity index (χ3n) is 5.24. The molecule has 0 saturated carbocycles. The fourth-order valence-electron chi connectivity index (χ4n) is 3.66. The number of carbonyl (C=O) groups excluding carboxylic acids is 2. The van der Waals surface area contributed by atoms with Gasteiger partial charge in [-0.1, -0.05) is 52.1 Å². The Morgan fingerprint density at radius 2 is 2.22 bits per heavy atom. The van der Waals surface area contributed by atoms with Gasteiger partial charge < -0.3 is 20.0 Å². The summed E-state index contributed by atoms with van der Waals surface area (Å²) in [6, 6.07) is 6.42. The van der Waals surface area contributed by atoms with Crippen molar-refractivity contribution in [1.82, 2.24) is 20.4 Å². The molecule has 0 bridgehead atoms. The number of aliphatic carboxylic acids is 1. The molecule has 0 aliphatic carbocycles. The molecule has 1 unspecified atom stereocenters. The van der Waals surface area contributed by atoms with E-state index in [9.17, 15) is 19.5 Å². The van der Waals surface area contributed by atoms with Crippen LogP contribution in [0.4, 0.5) is 0 Å². The molecule has 15 heteroatoms. The summed E-state index contributed by atoms with van der Waals surface area (Å²) < 4.78 is 6.54. The average Bonchev–Trinajstić information content (AvgIpc) is 3.41. The molecule has 2 N–H and O–H groups in total. The highest BCUT2D eigenvalue weighted by Gasteiger charge is 2.54. The SMILES string of the molecule is CON=C(C(=O)NC1C(=O)N2C(C(=O)O)=C(CSc3nncs3)CS[C@H]12)C1=CSc2ccccc2O1. The highest BCUT2D eigenvalue weighted by molar-refractivity contribution is 8.02. The van der Waals surface area contributed by atoms with Crippen molar-refractivity contribution in [3.63, 3.8) is 0 Å². The molecule has 1 aromatic carbocycles. The smallest absolute Gasteiger partial charge is 0.352 e. The number of hydrogen-bond donors (Lipinski definition) is 2. The molecule has 2 atom stereocenters. The first kappa shape index (κ1) is 24.7. The van der Waals surface area contributed by atoms with E-state index in [0.717, 1.165) is 4.90 Å². The van der Waals surface area contributed by atoms with Crippen LogP contribution in [0.15, 0.2) is 66.6 Å². The number of carboxylic acid groups (broad SMARTS) is 1. The summed E-state index contributed by atoms with van der Waals surface area (Å²) in [4.78, 5) is 45.1. The molecule has 186 valence electrons. The quantitative estimate of drug-likeness (QED) is 0.211. The van der Waals surface area contributed by atoms with Gasteiger partial charge in [-0.05, 0) is 17.7 Å². The van der Waals surface area contributed by atoms with Crippen LogP contribution in [-0.2, 0) is 19.2 Å². The van der Waals surface area contributed by atoms with E-state index in [2.05, 4.69) is 20.7 Å². The monoisotopic (exact) mass is 563 g/mol. The summed E-state index contributed by atoms with van der Waals surface area (Å²) in [6.07, 6.45) is 0. The lowest BCUT2D eigenvalue weighted by Crippen LogP contribution is -2.71. The first-order valence-electron chi connectivity index (χ1n) is 10.3. The largest absolute Gasteiger partial charge is 0.477 e. The molecule has 2 amide bonds. The van der Waals surface area contributed by atoms with Gasteiger partial charge in [0.2, 0.25) is 5.71 Å². The number of rotatable bonds is 8. The number of nitrogens with one attached hydrogen (secondary N) is 1. The van der Waals surface area contributed by atoms with Crippen molar-refractivity contribution in [3.05, 3.63) is 52.2 Å². The Morgan fingerprint density at radius 1 is 1.39 bits per heavy atom. The summed E-state index contributed by atoms with van der Waals surface area (Å²) in [5, 5.41) is 25.1. The number of oxime groups is 1. The van der Waals surface area contributed by atoms with Gasteiger partial charge in [0.05, 0.1) is 4.90 Å². The fraction of sp³-hybridized carbons (Fsp3) is 0.238. The number of thioether (sulfide) groups is 3. The molecule has 3 aliphatic rings. The molecule has 1 saturated heterocycles. The molecule has 1 aromatic heterocycles. The molecular formula is C21H17N5O6S4. The van der Waals surface area contributed by atoms with E-state index in [-0.39, 0.29) is 17.2 Å². The zero-order chi connectivity index (χ0) is 25.2. The Balaban J connectivity index is 1.30. The molecule has 4 heterocycles. The third-order valence-corrected chi connectivity index (χ3v) is 9.45. The maximum Gasteiger partial charge on any atom is 0.352 e. The molecule has 2 aromatic rings. The molecule has 0 spiro atoms. The van der Waals surface area contributed by atoms with Crippen molar-refractivity contribution in [3.8, 4) is 5.75 Å². The zero-order valence-electron chi connectivity index (χ0n) is 18.4. The number of fused-ring (bicyclic) bond motifs is 2. The Morgan fingerprint density at radius 3 is 2.97 bits per heavy atom. The highest BCUT2D eigenvalue weighted by Crippen LogP contribution is 2.42. The van der Waals surface area contributed by atoms with Crippen LogP contribution in [0.2, 0.25) is 0 Å². The van der Waals surface area contributed by atoms with Crippen LogP contribution in [0.5, 0.6) is 5.75 Å². The second-order valence-corrected chi connectivity index (χ2v) is 11.5. The van der Waals surface area contributed by atoms with Gasteiger partial charge in [0.25, 0.3) is 11.8 Å². The maximum atomic E-state index is 13.1. The van der Waals surface area contributed by atoms with Gasteiger partial charge >= 0.3 is 5.97 Å². The van der Waals surface area contributed by atoms with Gasteiger partial charge in [-0.3, -0.25) is 14.5 Å². The molecule has 11 nitrogen and oxygen atoms in total. The maximum absolute atomic E-state index is 13.1. The minimum absolute atomic E-state index is 0.0524. The number of carbonyl (C=O) groups is 3. The lowest BCUT2D eigenvalue weighted by Gasteiger charge is -2.49. The van der Waals surface area contributed by atoms with Crippen molar-refractivity contribution in [2.75, 3.05) is 18.6 Å². The Labute approximate surface area is 221 Å². The van der Waals surface area contributed by atoms with Crippen LogP contribution in [0.1, 0.15) is 0 Å². The van der Waals surface area contributed by atoms with E-state index in [1.54, 1.807) is 17.0 Å². The van der Waals surface area contributed by atoms with Crippen LogP contribution < -0.4 is 10.1 Å². The van der Waals surface area contributed by atoms with E-state index in [1.165, 1.54) is 58.6 Å². The topological polar surface area (TPSA) is 143 Å². The first-order chi connectivity index (χ1) is 17.5. The number of para-hydroxylation sites is 1. The summed E-state index contributed by atoms with van der Waals surface area (Å²) in [5.41, 5.74) is 2.03. The van der Waals surface area contributed by atoms with Gasteiger partial charge in [0, 0.05) is 16.9 Å². The van der Waals surface area contributed by atoms with Gasteiger partial charge in [-0.2, -0.15) is 0 Å². The summed E-state index contributed by atoms with van der Waals surface area (Å²) in [5.74, 6) is -0.849. The third kappa shape index (κ3) is 4.70. The Hall–Kier alpha value is -3.01. The van der Waals surface area contributed by atoms with Crippen LogP contribution in [-0.4, -0.2) is 73.7 Å². The molecule has 36 heavy (non-hydrogen) atoms. The van der Waals surface area contributed by atoms with E-state index >= 15 is 0 Å². The molecule has 0 radical (unpaired) electrons. The molecular weight excluding hydrogens is 547 g/mol. The average molecular weight is 564 g/mol. The van der Waals surface area contributed by atoms with Crippen LogP contribution in [0, 0.1) is 0 Å². The van der Waals surface area contributed by atoms with Gasteiger partial charge in [0.1, 0.15) is 35.5 Å². The molecule has 3 aliphatic heterocycles. The minimum atomic E-state index is -1.19. The number of β-lactam (4-membered cyclic amide) rings is 1. The zero-order valence-corrected chi connectivity index (χ0v) is 21.7. The molecule has 1 fully saturated rings. The number of ether oxygens (including phenoxy) is 1. The fourth-order valence-corrected chi connectivity index (χ4v) is 7.41. The first-order valence-corrected chi connectivity index (χ1v) is 14.1. The van der Waals surface area contributed by atoms with Crippen molar-refractivity contribution >= 4 is 70.1 Å². The van der Waals surface area contributed by atoms with Crippen molar-refractivity contribution in [2.24, 2.45) is 5.16 Å². The number of hydrogen-bond acceptors (Lipinski definition) is 12. The number of carboxylic acids is 1. The summed E-state index contributed by atoms with van der Waals surface area (Å²) in [6.45, 7) is 0. The Bertz CT molecular complexity index is 1310. The van der Waals surface area contributed by atoms with Gasteiger partial charge in [-0.25, -0.2) is 4.79 Å². The van der Waals surface area contributed by atoms with Gasteiger partial charge in [0.15, 0.2) is 10.1 Å². The number of benzene rings is 1. The van der Waals surface area contributed by atoms with Crippen LogP contribution in [0.3, 0.4) is 0 Å². The van der Waals surface area contributed by atoms with Crippen molar-refractivity contribution in [2.45, 2.75) is 20.7 Å². The number of nitrogens with zero attached hydrogens (tertiary/aromatic N) is 4. The second-order valence-electron chi connectivity index (χ2n) is 7.38. The predicted octanol–water partition coefficient (Wildman–Crippen LogP) is 2.40. The van der Waals surface area contributed by atoms with E-state index in [0.29, 0.717) is 27.2 Å². The normalized spacial score (nSPS) is 21.0. The predicted molar refractivity (Wildman–Crippen MR) is 136 cm³/mol. The van der Waals surface area contributed by atoms with Crippen molar-refractivity contribution in [1.29, 1.82) is 0 Å². The van der Waals surface area contributed by atoms with E-state index in [1.807, 2.05) is 18.2 Å². The number of amides is 2. The highest BCUT2D eigenvalue weighted by atomic mass is 32.2.